The van der Waals surface area contributed by atoms with Crippen molar-refractivity contribution < 1.29 is 9.53 Å². The third-order valence-corrected chi connectivity index (χ3v) is 5.13. The minimum Gasteiger partial charge on any atom is -0.372 e. The van der Waals surface area contributed by atoms with Gasteiger partial charge in [0.05, 0.1) is 23.0 Å². The minimum atomic E-state index is 0.0364. The summed E-state index contributed by atoms with van der Waals surface area (Å²) in [4.78, 5) is 14.3. The number of carbonyl (C=O) groups excluding carboxylic acids is 1. The number of halogens is 1. The molecule has 1 amide bonds. The third-order valence-electron chi connectivity index (χ3n) is 3.88. The zero-order valence-electron chi connectivity index (χ0n) is 14.1. The number of amides is 1. The molecule has 0 radical (unpaired) electrons. The highest BCUT2D eigenvalue weighted by molar-refractivity contribution is 7.99. The van der Waals surface area contributed by atoms with E-state index in [1.54, 1.807) is 6.07 Å². The number of nitrogen functional groups attached to an aromatic ring is 1. The predicted molar refractivity (Wildman–Crippen MR) is 97.9 cm³/mol. The average Bonchev–Trinajstić information content (AvgIpc) is 2.93. The summed E-state index contributed by atoms with van der Waals surface area (Å²) >= 11 is 7.44. The third kappa shape index (κ3) is 4.08. The minimum absolute atomic E-state index is 0.0364. The summed E-state index contributed by atoms with van der Waals surface area (Å²) in [6, 6.07) is 7.28. The first-order chi connectivity index (χ1) is 12.0. The van der Waals surface area contributed by atoms with E-state index in [0.29, 0.717) is 34.7 Å². The van der Waals surface area contributed by atoms with Gasteiger partial charge in [-0.1, -0.05) is 35.5 Å². The molecular weight excluding hydrogens is 362 g/mol. The van der Waals surface area contributed by atoms with Crippen molar-refractivity contribution in [3.05, 3.63) is 29.3 Å². The van der Waals surface area contributed by atoms with Crippen molar-refractivity contribution in [2.75, 3.05) is 24.7 Å². The van der Waals surface area contributed by atoms with Gasteiger partial charge in [0.25, 0.3) is 0 Å². The van der Waals surface area contributed by atoms with E-state index in [9.17, 15) is 4.79 Å². The second-order valence-corrected chi connectivity index (χ2v) is 7.35. The van der Waals surface area contributed by atoms with E-state index in [-0.39, 0.29) is 23.9 Å². The molecule has 1 saturated heterocycles. The molecule has 7 nitrogen and oxygen atoms in total. The summed E-state index contributed by atoms with van der Waals surface area (Å²) in [5.74, 6) is 6.83. The van der Waals surface area contributed by atoms with Crippen LogP contribution in [0.5, 0.6) is 0 Å². The molecule has 1 aromatic carbocycles. The standard InChI is InChI=1S/C16H20ClN5O2S/c1-10-7-21(8-11(2)24-10)14(23)9-25-16-20-19-15(22(16)18)12-5-3-4-6-13(12)17/h3-6,10-11H,7-9,18H2,1-2H3/t10-,11+. The van der Waals surface area contributed by atoms with Gasteiger partial charge in [0, 0.05) is 18.7 Å². The van der Waals surface area contributed by atoms with Crippen molar-refractivity contribution in [2.45, 2.75) is 31.2 Å². The van der Waals surface area contributed by atoms with Crippen LogP contribution in [0, 0.1) is 0 Å². The molecule has 0 aliphatic carbocycles. The zero-order chi connectivity index (χ0) is 18.0. The number of hydrogen-bond donors (Lipinski definition) is 1. The van der Waals surface area contributed by atoms with E-state index >= 15 is 0 Å². The number of aromatic nitrogens is 3. The molecule has 0 bridgehead atoms. The maximum absolute atomic E-state index is 12.4. The van der Waals surface area contributed by atoms with Crippen LogP contribution in [0.2, 0.25) is 5.02 Å². The van der Waals surface area contributed by atoms with Crippen LogP contribution < -0.4 is 5.84 Å². The molecule has 1 aromatic heterocycles. The van der Waals surface area contributed by atoms with Crippen molar-refractivity contribution in [1.29, 1.82) is 0 Å². The topological polar surface area (TPSA) is 86.3 Å². The molecule has 1 fully saturated rings. The van der Waals surface area contributed by atoms with Crippen LogP contribution in [0.25, 0.3) is 11.4 Å². The molecule has 3 rings (SSSR count). The predicted octanol–water partition coefficient (Wildman–Crippen LogP) is 2.04. The van der Waals surface area contributed by atoms with Crippen LogP contribution in [-0.2, 0) is 9.53 Å². The molecule has 2 N–H and O–H groups in total. The average molecular weight is 382 g/mol. The van der Waals surface area contributed by atoms with Gasteiger partial charge in [0.1, 0.15) is 0 Å². The Kier molecular flexibility index (Phi) is 5.51. The summed E-state index contributed by atoms with van der Waals surface area (Å²) in [6.07, 6.45) is 0.0883. The van der Waals surface area contributed by atoms with E-state index in [1.807, 2.05) is 36.9 Å². The fourth-order valence-electron chi connectivity index (χ4n) is 2.80. The Bertz CT molecular complexity index is 759. The van der Waals surface area contributed by atoms with Gasteiger partial charge < -0.3 is 15.5 Å². The molecule has 134 valence electrons. The number of morpholine rings is 1. The first-order valence-corrected chi connectivity index (χ1v) is 9.33. The van der Waals surface area contributed by atoms with Crippen molar-refractivity contribution in [3.63, 3.8) is 0 Å². The summed E-state index contributed by atoms with van der Waals surface area (Å²) < 4.78 is 7.02. The molecule has 1 aliphatic rings. The highest BCUT2D eigenvalue weighted by Crippen LogP contribution is 2.27. The normalized spacial score (nSPS) is 20.7. The Morgan fingerprint density at radius 1 is 1.32 bits per heavy atom. The highest BCUT2D eigenvalue weighted by Gasteiger charge is 2.26. The highest BCUT2D eigenvalue weighted by atomic mass is 35.5. The molecule has 25 heavy (non-hydrogen) atoms. The van der Waals surface area contributed by atoms with Gasteiger partial charge >= 0.3 is 0 Å². The molecule has 2 aromatic rings. The van der Waals surface area contributed by atoms with Gasteiger partial charge in [-0.25, -0.2) is 4.68 Å². The molecule has 0 unspecified atom stereocenters. The van der Waals surface area contributed by atoms with Gasteiger partial charge in [0.15, 0.2) is 5.82 Å². The number of carbonyl (C=O) groups is 1. The fourth-order valence-corrected chi connectivity index (χ4v) is 3.78. The SMILES string of the molecule is C[C@@H]1CN(C(=O)CSc2nnc(-c3ccccc3Cl)n2N)C[C@H](C)O1. The van der Waals surface area contributed by atoms with Gasteiger partial charge in [-0.3, -0.25) is 4.79 Å². The lowest BCUT2D eigenvalue weighted by molar-refractivity contribution is -0.140. The Hall–Kier alpha value is -1.77. The van der Waals surface area contributed by atoms with E-state index in [0.717, 1.165) is 0 Å². The van der Waals surface area contributed by atoms with Crippen molar-refractivity contribution in [1.82, 2.24) is 19.8 Å². The maximum atomic E-state index is 12.4. The molecule has 0 spiro atoms. The summed E-state index contributed by atoms with van der Waals surface area (Å²) in [5, 5.41) is 9.19. The smallest absolute Gasteiger partial charge is 0.233 e. The second kappa shape index (κ2) is 7.63. The molecule has 9 heteroatoms. The quantitative estimate of drug-likeness (QED) is 0.644. The van der Waals surface area contributed by atoms with Crippen LogP contribution in [0.3, 0.4) is 0 Å². The van der Waals surface area contributed by atoms with E-state index in [4.69, 9.17) is 22.2 Å². The largest absolute Gasteiger partial charge is 0.372 e. The van der Waals surface area contributed by atoms with Crippen LogP contribution in [-0.4, -0.2) is 56.7 Å². The van der Waals surface area contributed by atoms with Gasteiger partial charge in [-0.15, -0.1) is 10.2 Å². The fraction of sp³-hybridized carbons (Fsp3) is 0.438. The van der Waals surface area contributed by atoms with Crippen molar-refractivity contribution >= 4 is 29.3 Å². The van der Waals surface area contributed by atoms with Gasteiger partial charge in [-0.2, -0.15) is 0 Å². The molecule has 2 heterocycles. The first-order valence-electron chi connectivity index (χ1n) is 7.97. The molecular formula is C16H20ClN5O2S. The molecule has 1 aliphatic heterocycles. The van der Waals surface area contributed by atoms with Crippen LogP contribution >= 0.6 is 23.4 Å². The number of hydrogen-bond acceptors (Lipinski definition) is 6. The van der Waals surface area contributed by atoms with Crippen LogP contribution in [0.1, 0.15) is 13.8 Å². The Morgan fingerprint density at radius 2 is 2.00 bits per heavy atom. The van der Waals surface area contributed by atoms with E-state index < -0.39 is 0 Å². The van der Waals surface area contributed by atoms with E-state index in [1.165, 1.54) is 16.4 Å². The Balaban J connectivity index is 1.66. The number of ether oxygens (including phenoxy) is 1. The lowest BCUT2D eigenvalue weighted by Gasteiger charge is -2.35. The monoisotopic (exact) mass is 381 g/mol. The number of benzene rings is 1. The van der Waals surface area contributed by atoms with Crippen LogP contribution in [0.4, 0.5) is 0 Å². The Morgan fingerprint density at radius 3 is 2.68 bits per heavy atom. The van der Waals surface area contributed by atoms with Gasteiger partial charge in [-0.05, 0) is 26.0 Å². The van der Waals surface area contributed by atoms with Crippen molar-refractivity contribution in [2.24, 2.45) is 0 Å². The molecule has 2 atom stereocenters. The number of nitrogens with two attached hydrogens (primary N) is 1. The second-order valence-electron chi connectivity index (χ2n) is 6.00. The lowest BCUT2D eigenvalue weighted by Crippen LogP contribution is -2.48. The Labute approximate surface area is 155 Å². The van der Waals surface area contributed by atoms with Gasteiger partial charge in [0.2, 0.25) is 11.1 Å². The number of nitrogens with zero attached hydrogens (tertiary/aromatic N) is 4. The molecule has 0 saturated carbocycles. The maximum Gasteiger partial charge on any atom is 0.233 e. The lowest BCUT2D eigenvalue weighted by atomic mass is 10.2. The number of rotatable bonds is 4. The van der Waals surface area contributed by atoms with Crippen LogP contribution in [0.15, 0.2) is 29.4 Å². The van der Waals surface area contributed by atoms with Crippen molar-refractivity contribution in [3.8, 4) is 11.4 Å². The summed E-state index contributed by atoms with van der Waals surface area (Å²) in [6.45, 7) is 5.14. The summed E-state index contributed by atoms with van der Waals surface area (Å²) in [7, 11) is 0. The zero-order valence-corrected chi connectivity index (χ0v) is 15.6. The first kappa shape index (κ1) is 18.0. The van der Waals surface area contributed by atoms with E-state index in [2.05, 4.69) is 10.2 Å². The summed E-state index contributed by atoms with van der Waals surface area (Å²) in [5.41, 5.74) is 0.702. The number of thioether (sulfide) groups is 1.